The highest BCUT2D eigenvalue weighted by atomic mass is 35.5. The van der Waals surface area contributed by atoms with E-state index in [2.05, 4.69) is 15.6 Å². The maximum atomic E-state index is 12.0. The minimum Gasteiger partial charge on any atom is -0.358 e. The monoisotopic (exact) mass is 346 g/mol. The third kappa shape index (κ3) is 4.71. The molecule has 0 aliphatic rings. The van der Waals surface area contributed by atoms with E-state index in [-0.39, 0.29) is 12.1 Å². The second-order valence-corrected chi connectivity index (χ2v) is 5.27. The molecule has 2 N–H and O–H groups in total. The van der Waals surface area contributed by atoms with E-state index < -0.39 is 5.91 Å². The second kappa shape index (κ2) is 8.18. The van der Waals surface area contributed by atoms with Gasteiger partial charge >= 0.3 is 0 Å². The van der Waals surface area contributed by atoms with E-state index in [1.165, 1.54) is 6.20 Å². The topological polar surface area (TPSA) is 77.8 Å². The highest BCUT2D eigenvalue weighted by Gasteiger charge is 2.10. The SMILES string of the molecule is N#C/C(=C/Nc1c(Cl)cccc1Cl)C(=O)NCc1cccnc1. The van der Waals surface area contributed by atoms with Crippen LogP contribution in [0.1, 0.15) is 5.56 Å². The van der Waals surface area contributed by atoms with Gasteiger partial charge in [-0.2, -0.15) is 5.26 Å². The summed E-state index contributed by atoms with van der Waals surface area (Å²) < 4.78 is 0. The number of carbonyl (C=O) groups is 1. The summed E-state index contributed by atoms with van der Waals surface area (Å²) in [4.78, 5) is 16.0. The van der Waals surface area contributed by atoms with Crippen molar-refractivity contribution in [3.63, 3.8) is 0 Å². The lowest BCUT2D eigenvalue weighted by Gasteiger charge is -2.07. The molecular weight excluding hydrogens is 335 g/mol. The van der Waals surface area contributed by atoms with Gasteiger partial charge in [0, 0.05) is 25.1 Å². The smallest absolute Gasteiger partial charge is 0.263 e. The quantitative estimate of drug-likeness (QED) is 0.641. The molecule has 0 fully saturated rings. The Morgan fingerprint density at radius 2 is 2.00 bits per heavy atom. The molecule has 2 rings (SSSR count). The molecule has 5 nitrogen and oxygen atoms in total. The minimum atomic E-state index is -0.507. The van der Waals surface area contributed by atoms with Gasteiger partial charge in [-0.15, -0.1) is 0 Å². The fourth-order valence-electron chi connectivity index (χ4n) is 1.71. The summed E-state index contributed by atoms with van der Waals surface area (Å²) in [5.74, 6) is -0.507. The molecule has 0 saturated carbocycles. The lowest BCUT2D eigenvalue weighted by Crippen LogP contribution is -2.24. The normalized spacial score (nSPS) is 10.7. The summed E-state index contributed by atoms with van der Waals surface area (Å²) in [5, 5.41) is 15.3. The fourth-order valence-corrected chi connectivity index (χ4v) is 2.22. The molecule has 0 atom stereocenters. The number of aromatic nitrogens is 1. The maximum Gasteiger partial charge on any atom is 0.263 e. The predicted octanol–water partition coefficient (Wildman–Crippen LogP) is 3.52. The molecular formula is C16H12Cl2N4O. The first-order valence-electron chi connectivity index (χ1n) is 6.59. The molecule has 0 spiro atoms. The second-order valence-electron chi connectivity index (χ2n) is 4.45. The molecule has 7 heteroatoms. The zero-order valence-electron chi connectivity index (χ0n) is 11.9. The standard InChI is InChI=1S/C16H12Cl2N4O/c17-13-4-1-5-14(18)15(13)21-10-12(7-19)16(23)22-9-11-3-2-6-20-8-11/h1-6,8,10,21H,9H2,(H,22,23)/b12-10-. The van der Waals surface area contributed by atoms with Crippen LogP contribution in [0.25, 0.3) is 0 Å². The van der Waals surface area contributed by atoms with Crippen LogP contribution in [-0.2, 0) is 11.3 Å². The Kier molecular flexibility index (Phi) is 5.98. The van der Waals surface area contributed by atoms with Crippen LogP contribution < -0.4 is 10.6 Å². The molecule has 116 valence electrons. The molecule has 1 aromatic heterocycles. The van der Waals surface area contributed by atoms with Gasteiger partial charge in [-0.25, -0.2) is 0 Å². The number of amides is 1. The molecule has 23 heavy (non-hydrogen) atoms. The van der Waals surface area contributed by atoms with Crippen molar-refractivity contribution in [2.24, 2.45) is 0 Å². The van der Waals surface area contributed by atoms with E-state index >= 15 is 0 Å². The summed E-state index contributed by atoms with van der Waals surface area (Å²) in [6.07, 6.45) is 4.55. The molecule has 0 bridgehead atoms. The number of rotatable bonds is 5. The summed E-state index contributed by atoms with van der Waals surface area (Å²) >= 11 is 12.0. The largest absolute Gasteiger partial charge is 0.358 e. The molecule has 1 amide bonds. The summed E-state index contributed by atoms with van der Waals surface area (Å²) in [7, 11) is 0. The van der Waals surface area contributed by atoms with E-state index in [9.17, 15) is 4.79 Å². The first-order valence-corrected chi connectivity index (χ1v) is 7.35. The van der Waals surface area contributed by atoms with Gasteiger partial charge in [0.1, 0.15) is 11.6 Å². The van der Waals surface area contributed by atoms with Crippen molar-refractivity contribution in [1.29, 1.82) is 5.26 Å². The third-order valence-corrected chi connectivity index (χ3v) is 3.49. The molecule has 2 aromatic rings. The van der Waals surface area contributed by atoms with Gasteiger partial charge in [0.25, 0.3) is 5.91 Å². The van der Waals surface area contributed by atoms with Gasteiger partial charge in [0.05, 0.1) is 15.7 Å². The maximum absolute atomic E-state index is 12.0. The van der Waals surface area contributed by atoms with E-state index in [1.54, 1.807) is 36.7 Å². The van der Waals surface area contributed by atoms with E-state index in [0.717, 1.165) is 5.56 Å². The minimum absolute atomic E-state index is 0.0927. The van der Waals surface area contributed by atoms with Gasteiger partial charge in [-0.05, 0) is 23.8 Å². The molecule has 1 aromatic carbocycles. The molecule has 0 radical (unpaired) electrons. The van der Waals surface area contributed by atoms with Crippen LogP contribution in [0.3, 0.4) is 0 Å². The van der Waals surface area contributed by atoms with Crippen LogP contribution in [-0.4, -0.2) is 10.9 Å². The number of carbonyl (C=O) groups excluding carboxylic acids is 1. The van der Waals surface area contributed by atoms with Crippen molar-refractivity contribution in [3.05, 3.63) is 70.1 Å². The van der Waals surface area contributed by atoms with Crippen LogP contribution >= 0.6 is 23.2 Å². The van der Waals surface area contributed by atoms with Gasteiger partial charge < -0.3 is 10.6 Å². The zero-order valence-corrected chi connectivity index (χ0v) is 13.4. The Bertz CT molecular complexity index is 749. The number of halogens is 2. The van der Waals surface area contributed by atoms with E-state index in [0.29, 0.717) is 15.7 Å². The Morgan fingerprint density at radius 1 is 1.26 bits per heavy atom. The Balaban J connectivity index is 2.04. The average molecular weight is 347 g/mol. The van der Waals surface area contributed by atoms with Gasteiger partial charge in [0.15, 0.2) is 0 Å². The Labute approximate surface area is 143 Å². The van der Waals surface area contributed by atoms with Gasteiger partial charge in [-0.1, -0.05) is 35.3 Å². The van der Waals surface area contributed by atoms with Crippen molar-refractivity contribution in [3.8, 4) is 6.07 Å². The van der Waals surface area contributed by atoms with Crippen LogP contribution in [0.4, 0.5) is 5.69 Å². The number of pyridine rings is 1. The summed E-state index contributed by atoms with van der Waals surface area (Å²) in [6, 6.07) is 10.4. The van der Waals surface area contributed by atoms with Crippen molar-refractivity contribution in [1.82, 2.24) is 10.3 Å². The number of nitrogens with zero attached hydrogens (tertiary/aromatic N) is 2. The molecule has 0 saturated heterocycles. The number of hydrogen-bond donors (Lipinski definition) is 2. The van der Waals surface area contributed by atoms with E-state index in [4.69, 9.17) is 28.5 Å². The highest BCUT2D eigenvalue weighted by Crippen LogP contribution is 2.29. The number of hydrogen-bond acceptors (Lipinski definition) is 4. The van der Waals surface area contributed by atoms with Crippen LogP contribution in [0.5, 0.6) is 0 Å². The number of nitrogens with one attached hydrogen (secondary N) is 2. The van der Waals surface area contributed by atoms with Crippen LogP contribution in [0, 0.1) is 11.3 Å². The Hall–Kier alpha value is -2.55. The average Bonchev–Trinajstić information content (AvgIpc) is 2.56. The zero-order chi connectivity index (χ0) is 16.7. The highest BCUT2D eigenvalue weighted by molar-refractivity contribution is 6.39. The van der Waals surface area contributed by atoms with Crippen molar-refractivity contribution in [2.45, 2.75) is 6.54 Å². The fraction of sp³-hybridized carbons (Fsp3) is 0.0625. The molecule has 1 heterocycles. The van der Waals surface area contributed by atoms with Crippen LogP contribution in [0.15, 0.2) is 54.5 Å². The van der Waals surface area contributed by atoms with E-state index in [1.807, 2.05) is 12.1 Å². The van der Waals surface area contributed by atoms with Gasteiger partial charge in [-0.3, -0.25) is 9.78 Å². The number of nitriles is 1. The molecule has 0 aliphatic heterocycles. The lowest BCUT2D eigenvalue weighted by atomic mass is 10.2. The number of para-hydroxylation sites is 1. The van der Waals surface area contributed by atoms with Crippen molar-refractivity contribution in [2.75, 3.05) is 5.32 Å². The van der Waals surface area contributed by atoms with Crippen molar-refractivity contribution < 1.29 is 4.79 Å². The molecule has 0 unspecified atom stereocenters. The first kappa shape index (κ1) is 16.8. The predicted molar refractivity (Wildman–Crippen MR) is 89.9 cm³/mol. The summed E-state index contributed by atoms with van der Waals surface area (Å²) in [5.41, 5.74) is 1.17. The first-order chi connectivity index (χ1) is 11.1. The van der Waals surface area contributed by atoms with Gasteiger partial charge in [0.2, 0.25) is 0 Å². The lowest BCUT2D eigenvalue weighted by molar-refractivity contribution is -0.117. The number of anilines is 1. The van der Waals surface area contributed by atoms with Crippen molar-refractivity contribution >= 4 is 34.8 Å². The van der Waals surface area contributed by atoms with Crippen LogP contribution in [0.2, 0.25) is 10.0 Å². The number of benzene rings is 1. The third-order valence-electron chi connectivity index (χ3n) is 2.86. The Morgan fingerprint density at radius 3 is 2.61 bits per heavy atom. The molecule has 0 aliphatic carbocycles. The summed E-state index contributed by atoms with van der Waals surface area (Å²) in [6.45, 7) is 0.276.